The lowest BCUT2D eigenvalue weighted by atomic mass is 10.0. The second kappa shape index (κ2) is 6.12. The Hall–Kier alpha value is -1.19. The molecule has 1 heterocycles. The van der Waals surface area contributed by atoms with E-state index in [2.05, 4.69) is 40.0 Å². The summed E-state index contributed by atoms with van der Waals surface area (Å²) in [4.78, 5) is 4.23. The Balaban J connectivity index is 2.31. The van der Waals surface area contributed by atoms with Crippen LogP contribution in [-0.2, 0) is 6.42 Å². The van der Waals surface area contributed by atoms with Crippen molar-refractivity contribution in [2.24, 2.45) is 0 Å². The van der Waals surface area contributed by atoms with Crippen molar-refractivity contribution in [1.29, 1.82) is 0 Å². The summed E-state index contributed by atoms with van der Waals surface area (Å²) in [6, 6.07) is 11.8. The van der Waals surface area contributed by atoms with Gasteiger partial charge in [0.15, 0.2) is 0 Å². The van der Waals surface area contributed by atoms with Gasteiger partial charge >= 0.3 is 0 Å². The van der Waals surface area contributed by atoms with Crippen LogP contribution in [0.15, 0.2) is 47.1 Å². The number of nitrogens with zero attached hydrogens (tertiary/aromatic N) is 1. The van der Waals surface area contributed by atoms with Crippen molar-refractivity contribution in [3.63, 3.8) is 0 Å². The zero-order valence-electron chi connectivity index (χ0n) is 10.3. The first-order valence-corrected chi connectivity index (χ1v) is 6.89. The first-order chi connectivity index (χ1) is 8.72. The van der Waals surface area contributed by atoms with E-state index in [1.54, 1.807) is 6.20 Å². The average molecular weight is 306 g/mol. The maximum atomic E-state index is 10.4. The third kappa shape index (κ3) is 2.98. The number of aliphatic hydroxyl groups is 1. The van der Waals surface area contributed by atoms with E-state index < -0.39 is 6.10 Å². The van der Waals surface area contributed by atoms with Crippen LogP contribution in [0.3, 0.4) is 0 Å². The highest BCUT2D eigenvalue weighted by molar-refractivity contribution is 9.10. The lowest BCUT2D eigenvalue weighted by molar-refractivity contribution is 0.214. The molecule has 1 atom stereocenters. The third-order valence-electron chi connectivity index (χ3n) is 2.85. The van der Waals surface area contributed by atoms with Gasteiger partial charge in [0.05, 0.1) is 5.69 Å². The van der Waals surface area contributed by atoms with Crippen LogP contribution in [0, 0.1) is 0 Å². The minimum Gasteiger partial charge on any atom is -0.382 e. The number of hydrogen-bond donors (Lipinski definition) is 1. The van der Waals surface area contributed by atoms with Crippen LogP contribution in [0.4, 0.5) is 0 Å². The molecule has 0 aliphatic rings. The largest absolute Gasteiger partial charge is 0.382 e. The van der Waals surface area contributed by atoms with E-state index in [9.17, 15) is 5.11 Å². The molecule has 1 N–H and O–H groups in total. The number of rotatable bonds is 4. The van der Waals surface area contributed by atoms with E-state index in [1.807, 2.05) is 24.3 Å². The van der Waals surface area contributed by atoms with E-state index in [4.69, 9.17) is 0 Å². The topological polar surface area (TPSA) is 33.1 Å². The SMILES string of the molecule is CCCc1cccc(C(O)c2ncccc2Br)c1. The van der Waals surface area contributed by atoms with E-state index in [0.29, 0.717) is 5.69 Å². The number of hydrogen-bond acceptors (Lipinski definition) is 2. The fraction of sp³-hybridized carbons (Fsp3) is 0.267. The molecule has 0 saturated carbocycles. The standard InChI is InChI=1S/C15H16BrNO/c1-2-5-11-6-3-7-12(10-11)15(18)14-13(16)8-4-9-17-14/h3-4,6-10,15,18H,2,5H2,1H3. The number of benzene rings is 1. The lowest BCUT2D eigenvalue weighted by Gasteiger charge is -2.13. The molecule has 0 saturated heterocycles. The van der Waals surface area contributed by atoms with Gasteiger partial charge in [-0.25, -0.2) is 0 Å². The number of aliphatic hydroxyl groups excluding tert-OH is 1. The summed E-state index contributed by atoms with van der Waals surface area (Å²) >= 11 is 3.42. The van der Waals surface area contributed by atoms with Gasteiger partial charge in [-0.05, 0) is 45.6 Å². The van der Waals surface area contributed by atoms with Crippen molar-refractivity contribution in [2.75, 3.05) is 0 Å². The van der Waals surface area contributed by atoms with E-state index in [0.717, 1.165) is 22.9 Å². The summed E-state index contributed by atoms with van der Waals surface area (Å²) in [5.74, 6) is 0. The average Bonchev–Trinajstić information content (AvgIpc) is 2.39. The number of pyridine rings is 1. The lowest BCUT2D eigenvalue weighted by Crippen LogP contribution is -2.03. The van der Waals surface area contributed by atoms with Crippen LogP contribution in [0.2, 0.25) is 0 Å². The summed E-state index contributed by atoms with van der Waals surface area (Å²) < 4.78 is 0.832. The van der Waals surface area contributed by atoms with Crippen molar-refractivity contribution in [3.05, 3.63) is 63.9 Å². The molecule has 2 nitrogen and oxygen atoms in total. The molecule has 2 aromatic rings. The molecule has 0 fully saturated rings. The molecule has 0 aliphatic heterocycles. The Morgan fingerprint density at radius 2 is 2.11 bits per heavy atom. The van der Waals surface area contributed by atoms with Crippen LogP contribution < -0.4 is 0 Å². The number of aromatic nitrogens is 1. The minimum atomic E-state index is -0.683. The van der Waals surface area contributed by atoms with Crippen LogP contribution in [0.25, 0.3) is 0 Å². The first-order valence-electron chi connectivity index (χ1n) is 6.09. The molecule has 1 aromatic carbocycles. The molecular weight excluding hydrogens is 290 g/mol. The molecule has 0 amide bonds. The molecule has 2 rings (SSSR count). The zero-order chi connectivity index (χ0) is 13.0. The predicted octanol–water partition coefficient (Wildman–Crippen LogP) is 3.88. The fourth-order valence-electron chi connectivity index (χ4n) is 1.96. The second-order valence-corrected chi connectivity index (χ2v) is 5.12. The number of halogens is 1. The molecule has 1 aromatic heterocycles. The van der Waals surface area contributed by atoms with Gasteiger partial charge in [-0.1, -0.05) is 37.6 Å². The highest BCUT2D eigenvalue weighted by atomic mass is 79.9. The second-order valence-electron chi connectivity index (χ2n) is 4.27. The molecule has 94 valence electrons. The van der Waals surface area contributed by atoms with Crippen LogP contribution in [0.5, 0.6) is 0 Å². The Kier molecular flexibility index (Phi) is 4.50. The smallest absolute Gasteiger partial charge is 0.122 e. The van der Waals surface area contributed by atoms with Crippen molar-refractivity contribution in [2.45, 2.75) is 25.9 Å². The van der Waals surface area contributed by atoms with Gasteiger partial charge in [0, 0.05) is 10.7 Å². The highest BCUT2D eigenvalue weighted by Crippen LogP contribution is 2.26. The summed E-state index contributed by atoms with van der Waals surface area (Å²) in [5.41, 5.74) is 2.80. The van der Waals surface area contributed by atoms with Gasteiger partial charge in [-0.2, -0.15) is 0 Å². The van der Waals surface area contributed by atoms with Gasteiger partial charge < -0.3 is 5.11 Å². The normalized spacial score (nSPS) is 12.4. The quantitative estimate of drug-likeness (QED) is 0.930. The number of aryl methyl sites for hydroxylation is 1. The van der Waals surface area contributed by atoms with Gasteiger partial charge in [0.25, 0.3) is 0 Å². The molecule has 0 spiro atoms. The van der Waals surface area contributed by atoms with Crippen LogP contribution >= 0.6 is 15.9 Å². The van der Waals surface area contributed by atoms with Crippen LogP contribution in [0.1, 0.15) is 36.3 Å². The molecule has 0 radical (unpaired) electrons. The molecule has 1 unspecified atom stereocenters. The third-order valence-corrected chi connectivity index (χ3v) is 3.52. The maximum absolute atomic E-state index is 10.4. The molecule has 18 heavy (non-hydrogen) atoms. The van der Waals surface area contributed by atoms with Crippen molar-refractivity contribution >= 4 is 15.9 Å². The Morgan fingerprint density at radius 3 is 2.83 bits per heavy atom. The van der Waals surface area contributed by atoms with Crippen molar-refractivity contribution < 1.29 is 5.11 Å². The van der Waals surface area contributed by atoms with Gasteiger partial charge in [-0.15, -0.1) is 0 Å². The molecule has 0 bridgehead atoms. The Morgan fingerprint density at radius 1 is 1.28 bits per heavy atom. The molecule has 3 heteroatoms. The summed E-state index contributed by atoms with van der Waals surface area (Å²) in [6.07, 6.45) is 3.15. The van der Waals surface area contributed by atoms with E-state index in [-0.39, 0.29) is 0 Å². The van der Waals surface area contributed by atoms with Crippen LogP contribution in [-0.4, -0.2) is 10.1 Å². The van der Waals surface area contributed by atoms with Gasteiger partial charge in [-0.3, -0.25) is 4.98 Å². The fourth-order valence-corrected chi connectivity index (χ4v) is 2.44. The summed E-state index contributed by atoms with van der Waals surface area (Å²) in [5, 5.41) is 10.4. The van der Waals surface area contributed by atoms with E-state index in [1.165, 1.54) is 5.56 Å². The minimum absolute atomic E-state index is 0.658. The van der Waals surface area contributed by atoms with Gasteiger partial charge in [0.1, 0.15) is 6.10 Å². The predicted molar refractivity (Wildman–Crippen MR) is 76.4 cm³/mol. The summed E-state index contributed by atoms with van der Waals surface area (Å²) in [6.45, 7) is 2.15. The highest BCUT2D eigenvalue weighted by Gasteiger charge is 2.14. The first kappa shape index (κ1) is 13.2. The Bertz CT molecular complexity index is 527. The summed E-state index contributed by atoms with van der Waals surface area (Å²) in [7, 11) is 0. The molecular formula is C15H16BrNO. The van der Waals surface area contributed by atoms with E-state index >= 15 is 0 Å². The monoisotopic (exact) mass is 305 g/mol. The zero-order valence-corrected chi connectivity index (χ0v) is 11.9. The van der Waals surface area contributed by atoms with Gasteiger partial charge in [0.2, 0.25) is 0 Å². The Labute approximate surface area is 116 Å². The van der Waals surface area contributed by atoms with Crippen molar-refractivity contribution in [1.82, 2.24) is 4.98 Å². The van der Waals surface area contributed by atoms with Crippen molar-refractivity contribution in [3.8, 4) is 0 Å². The maximum Gasteiger partial charge on any atom is 0.122 e. The molecule has 0 aliphatic carbocycles.